The number of hydrogen-bond donors (Lipinski definition) is 2. The van der Waals surface area contributed by atoms with E-state index in [-0.39, 0.29) is 4.75 Å². The number of nitrogens with two attached hydrogens (primary N) is 1. The Morgan fingerprint density at radius 2 is 1.95 bits per heavy atom. The maximum atomic E-state index is 5.79. The van der Waals surface area contributed by atoms with Crippen molar-refractivity contribution in [1.82, 2.24) is 4.98 Å². The van der Waals surface area contributed by atoms with E-state index in [4.69, 9.17) is 5.73 Å². The van der Waals surface area contributed by atoms with Gasteiger partial charge < -0.3 is 11.1 Å². The van der Waals surface area contributed by atoms with Crippen LogP contribution >= 0.6 is 11.8 Å². The molecule has 3 N–H and O–H groups in total. The fourth-order valence-corrected chi connectivity index (χ4v) is 3.15. The van der Waals surface area contributed by atoms with E-state index in [1.54, 1.807) is 0 Å². The summed E-state index contributed by atoms with van der Waals surface area (Å²) in [7, 11) is 0. The molecule has 0 atom stereocenters. The molecule has 0 radical (unpaired) electrons. The van der Waals surface area contributed by atoms with Crippen LogP contribution in [-0.4, -0.2) is 22.5 Å². The summed E-state index contributed by atoms with van der Waals surface area (Å²) in [5.41, 5.74) is 7.54. The first-order chi connectivity index (χ1) is 9.62. The second-order valence-corrected chi connectivity index (χ2v) is 6.37. The van der Waals surface area contributed by atoms with Gasteiger partial charge in [0.1, 0.15) is 5.82 Å². The number of pyridine rings is 1. The van der Waals surface area contributed by atoms with Gasteiger partial charge >= 0.3 is 0 Å². The van der Waals surface area contributed by atoms with Crippen molar-refractivity contribution in [3.05, 3.63) is 30.3 Å². The number of nitrogens with one attached hydrogen (secondary N) is 1. The highest BCUT2D eigenvalue weighted by Crippen LogP contribution is 2.30. The molecule has 20 heavy (non-hydrogen) atoms. The van der Waals surface area contributed by atoms with E-state index < -0.39 is 0 Å². The number of thioether (sulfide) groups is 1. The number of rotatable bonds is 6. The fourth-order valence-electron chi connectivity index (χ4n) is 2.35. The van der Waals surface area contributed by atoms with Gasteiger partial charge in [-0.2, -0.15) is 11.8 Å². The van der Waals surface area contributed by atoms with E-state index in [1.165, 1.54) is 0 Å². The number of nitrogens with zero attached hydrogens (tertiary/aromatic N) is 1. The van der Waals surface area contributed by atoms with E-state index in [0.29, 0.717) is 0 Å². The van der Waals surface area contributed by atoms with Crippen molar-refractivity contribution in [3.63, 3.8) is 0 Å². The molecule has 1 heterocycles. The van der Waals surface area contributed by atoms with Gasteiger partial charge in [-0.05, 0) is 49.4 Å². The summed E-state index contributed by atoms with van der Waals surface area (Å²) >= 11 is 1.94. The van der Waals surface area contributed by atoms with Gasteiger partial charge in [-0.1, -0.05) is 13.8 Å². The first-order valence-electron chi connectivity index (χ1n) is 7.08. The van der Waals surface area contributed by atoms with E-state index in [2.05, 4.69) is 36.5 Å². The number of anilines is 2. The van der Waals surface area contributed by atoms with Crippen molar-refractivity contribution in [2.45, 2.75) is 31.4 Å². The van der Waals surface area contributed by atoms with E-state index in [0.717, 1.165) is 41.8 Å². The Kier molecular flexibility index (Phi) is 4.76. The molecular weight excluding hydrogens is 266 g/mol. The second-order valence-electron chi connectivity index (χ2n) is 5.10. The van der Waals surface area contributed by atoms with Crippen LogP contribution in [0.25, 0.3) is 10.9 Å². The Balaban J connectivity index is 2.16. The Labute approximate surface area is 125 Å². The predicted molar refractivity (Wildman–Crippen MR) is 91.5 cm³/mol. The molecule has 2 rings (SSSR count). The van der Waals surface area contributed by atoms with Gasteiger partial charge in [-0.3, -0.25) is 0 Å². The molecule has 3 nitrogen and oxygen atoms in total. The maximum absolute atomic E-state index is 5.79. The number of benzene rings is 1. The summed E-state index contributed by atoms with van der Waals surface area (Å²) < 4.78 is 0.289. The Morgan fingerprint density at radius 3 is 2.60 bits per heavy atom. The smallest absolute Gasteiger partial charge is 0.126 e. The van der Waals surface area contributed by atoms with Gasteiger partial charge in [-0.25, -0.2) is 4.98 Å². The van der Waals surface area contributed by atoms with Crippen LogP contribution in [0.5, 0.6) is 0 Å². The molecule has 2 aromatic rings. The van der Waals surface area contributed by atoms with Crippen molar-refractivity contribution in [2.24, 2.45) is 0 Å². The van der Waals surface area contributed by atoms with Gasteiger partial charge in [0.05, 0.1) is 5.52 Å². The number of aromatic nitrogens is 1. The van der Waals surface area contributed by atoms with Crippen LogP contribution in [0.15, 0.2) is 30.3 Å². The SMILES string of the molecule is CCC(CC)(CNc1ccc2cc(N)ccc2n1)SC. The largest absolute Gasteiger partial charge is 0.399 e. The lowest BCUT2D eigenvalue weighted by molar-refractivity contribution is 0.574. The number of nitrogen functional groups attached to an aromatic ring is 1. The molecule has 4 heteroatoms. The third-order valence-electron chi connectivity index (χ3n) is 4.03. The van der Waals surface area contributed by atoms with Gasteiger partial charge in [0.15, 0.2) is 0 Å². The normalized spacial score (nSPS) is 11.8. The number of hydrogen-bond acceptors (Lipinski definition) is 4. The number of fused-ring (bicyclic) bond motifs is 1. The zero-order valence-corrected chi connectivity index (χ0v) is 13.3. The minimum absolute atomic E-state index is 0.289. The quantitative estimate of drug-likeness (QED) is 0.784. The van der Waals surface area contributed by atoms with Crippen molar-refractivity contribution >= 4 is 34.2 Å². The van der Waals surface area contributed by atoms with Gasteiger partial charge in [0.25, 0.3) is 0 Å². The molecule has 0 amide bonds. The lowest BCUT2D eigenvalue weighted by atomic mass is 10.0. The molecule has 0 aliphatic rings. The molecule has 0 saturated carbocycles. The van der Waals surface area contributed by atoms with Crippen LogP contribution in [0.2, 0.25) is 0 Å². The first-order valence-corrected chi connectivity index (χ1v) is 8.30. The third kappa shape index (κ3) is 3.18. The van der Waals surface area contributed by atoms with Gasteiger partial charge in [0.2, 0.25) is 0 Å². The van der Waals surface area contributed by atoms with Crippen LogP contribution < -0.4 is 11.1 Å². The van der Waals surface area contributed by atoms with E-state index in [9.17, 15) is 0 Å². The lowest BCUT2D eigenvalue weighted by Gasteiger charge is -2.30. The summed E-state index contributed by atoms with van der Waals surface area (Å²) in [6.45, 7) is 5.44. The fraction of sp³-hybridized carbons (Fsp3) is 0.438. The predicted octanol–water partition coefficient (Wildman–Crippen LogP) is 4.15. The summed E-state index contributed by atoms with van der Waals surface area (Å²) in [6.07, 6.45) is 4.49. The van der Waals surface area contributed by atoms with E-state index >= 15 is 0 Å². The average Bonchev–Trinajstić information content (AvgIpc) is 2.49. The van der Waals surface area contributed by atoms with Crippen LogP contribution in [0.3, 0.4) is 0 Å². The van der Waals surface area contributed by atoms with Crippen LogP contribution in [0.4, 0.5) is 11.5 Å². The second kappa shape index (κ2) is 6.35. The minimum atomic E-state index is 0.289. The standard InChI is InChI=1S/C16H23N3S/c1-4-16(5-2,20-3)11-18-15-9-6-12-10-13(17)7-8-14(12)19-15/h6-10H,4-5,11,17H2,1-3H3,(H,18,19). The molecule has 0 aliphatic heterocycles. The molecular formula is C16H23N3S. The molecule has 0 unspecified atom stereocenters. The first kappa shape index (κ1) is 15.0. The van der Waals surface area contributed by atoms with Crippen molar-refractivity contribution < 1.29 is 0 Å². The third-order valence-corrected chi connectivity index (χ3v) is 5.61. The van der Waals surface area contributed by atoms with Crippen molar-refractivity contribution in [3.8, 4) is 0 Å². The zero-order valence-electron chi connectivity index (χ0n) is 12.4. The molecule has 0 bridgehead atoms. The minimum Gasteiger partial charge on any atom is -0.399 e. The molecule has 0 aliphatic carbocycles. The van der Waals surface area contributed by atoms with Crippen LogP contribution in [-0.2, 0) is 0 Å². The van der Waals surface area contributed by atoms with Crippen molar-refractivity contribution in [1.29, 1.82) is 0 Å². The molecule has 108 valence electrons. The monoisotopic (exact) mass is 289 g/mol. The Bertz CT molecular complexity index is 571. The molecule has 0 spiro atoms. The van der Waals surface area contributed by atoms with E-state index in [1.807, 2.05) is 36.0 Å². The zero-order chi connectivity index (χ0) is 14.6. The van der Waals surface area contributed by atoms with Crippen molar-refractivity contribution in [2.75, 3.05) is 23.9 Å². The maximum Gasteiger partial charge on any atom is 0.126 e. The van der Waals surface area contributed by atoms with Crippen LogP contribution in [0, 0.1) is 0 Å². The molecule has 1 aromatic carbocycles. The highest BCUT2D eigenvalue weighted by molar-refractivity contribution is 8.00. The summed E-state index contributed by atoms with van der Waals surface area (Å²) in [6, 6.07) is 9.91. The highest BCUT2D eigenvalue weighted by Gasteiger charge is 2.24. The molecule has 0 saturated heterocycles. The lowest BCUT2D eigenvalue weighted by Crippen LogP contribution is -2.32. The highest BCUT2D eigenvalue weighted by atomic mass is 32.2. The summed E-state index contributed by atoms with van der Waals surface area (Å²) in [5.74, 6) is 0.933. The average molecular weight is 289 g/mol. The molecule has 1 aromatic heterocycles. The Morgan fingerprint density at radius 1 is 1.20 bits per heavy atom. The molecule has 0 fully saturated rings. The summed E-state index contributed by atoms with van der Waals surface area (Å²) in [4.78, 5) is 4.65. The Hall–Kier alpha value is -1.42. The van der Waals surface area contributed by atoms with Gasteiger partial charge in [0, 0.05) is 22.4 Å². The van der Waals surface area contributed by atoms with Gasteiger partial charge in [-0.15, -0.1) is 0 Å². The summed E-state index contributed by atoms with van der Waals surface area (Å²) in [5, 5.41) is 4.56. The van der Waals surface area contributed by atoms with Crippen LogP contribution in [0.1, 0.15) is 26.7 Å². The topological polar surface area (TPSA) is 50.9 Å².